The molecule has 0 N–H and O–H groups in total. The van der Waals surface area contributed by atoms with E-state index in [2.05, 4.69) is 58.5 Å². The van der Waals surface area contributed by atoms with Crippen LogP contribution >= 0.6 is 0 Å². The van der Waals surface area contributed by atoms with E-state index >= 15 is 0 Å². The summed E-state index contributed by atoms with van der Waals surface area (Å²) in [6.07, 6.45) is 1.78. The van der Waals surface area contributed by atoms with Gasteiger partial charge in [-0.25, -0.2) is 15.0 Å². The Morgan fingerprint density at radius 1 is 0.571 bits per heavy atom. The first-order valence-corrected chi connectivity index (χ1v) is 11.4. The number of pyridine rings is 1. The minimum absolute atomic E-state index is 0.494. The fourth-order valence-corrected chi connectivity index (χ4v) is 4.47. The van der Waals surface area contributed by atoms with Gasteiger partial charge in [0.25, 0.3) is 0 Å². The number of oxazole rings is 1. The molecule has 3 heterocycles. The van der Waals surface area contributed by atoms with Crippen LogP contribution in [0.25, 0.3) is 67.0 Å². The first kappa shape index (κ1) is 19.6. The Balaban J connectivity index is 1.39. The Hall–Kier alpha value is -4.90. The second-order valence-corrected chi connectivity index (χ2v) is 8.36. The average Bonchev–Trinajstić information content (AvgIpc) is 3.37. The summed E-state index contributed by atoms with van der Waals surface area (Å²) in [5.41, 5.74) is 5.91. The van der Waals surface area contributed by atoms with Crippen molar-refractivity contribution in [2.75, 3.05) is 0 Å². The van der Waals surface area contributed by atoms with E-state index in [0.29, 0.717) is 17.4 Å². The molecule has 0 amide bonds. The summed E-state index contributed by atoms with van der Waals surface area (Å²) in [5.74, 6) is 1.12. The first-order valence-electron chi connectivity index (χ1n) is 11.4. The van der Waals surface area contributed by atoms with E-state index in [4.69, 9.17) is 14.4 Å². The van der Waals surface area contributed by atoms with Crippen molar-refractivity contribution in [1.29, 1.82) is 0 Å². The van der Waals surface area contributed by atoms with Crippen LogP contribution in [0, 0.1) is 0 Å². The minimum Gasteiger partial charge on any atom is -0.435 e. The van der Waals surface area contributed by atoms with Gasteiger partial charge in [0, 0.05) is 22.7 Å². The maximum absolute atomic E-state index is 5.87. The summed E-state index contributed by atoms with van der Waals surface area (Å²) in [6, 6.07) is 34.3. The summed E-state index contributed by atoms with van der Waals surface area (Å²) in [4.78, 5) is 19.1. The van der Waals surface area contributed by atoms with E-state index < -0.39 is 0 Å². The second-order valence-electron chi connectivity index (χ2n) is 8.36. The van der Waals surface area contributed by atoms with Crippen molar-refractivity contribution in [2.45, 2.75) is 0 Å². The van der Waals surface area contributed by atoms with Gasteiger partial charge in [-0.2, -0.15) is 0 Å². The largest absolute Gasteiger partial charge is 0.435 e. The molecule has 35 heavy (non-hydrogen) atoms. The predicted molar refractivity (Wildman–Crippen MR) is 139 cm³/mol. The highest BCUT2D eigenvalue weighted by atomic mass is 16.3. The molecule has 0 aliphatic carbocycles. The minimum atomic E-state index is 0.494. The normalized spacial score (nSPS) is 11.4. The molecule has 0 aliphatic heterocycles. The lowest BCUT2D eigenvalue weighted by Gasteiger charge is -2.12. The summed E-state index contributed by atoms with van der Waals surface area (Å²) >= 11 is 0. The van der Waals surface area contributed by atoms with Crippen molar-refractivity contribution in [3.8, 4) is 34.2 Å². The van der Waals surface area contributed by atoms with Crippen molar-refractivity contribution >= 4 is 32.8 Å². The van der Waals surface area contributed by atoms with Crippen LogP contribution < -0.4 is 0 Å². The Morgan fingerprint density at radius 2 is 1.40 bits per heavy atom. The van der Waals surface area contributed by atoms with Crippen molar-refractivity contribution in [3.63, 3.8) is 0 Å². The Bertz CT molecular complexity index is 1810. The van der Waals surface area contributed by atoms with Gasteiger partial charge in [-0.15, -0.1) is 0 Å². The highest BCUT2D eigenvalue weighted by Crippen LogP contribution is 2.34. The molecular weight excluding hydrogens is 432 g/mol. The van der Waals surface area contributed by atoms with Crippen molar-refractivity contribution in [1.82, 2.24) is 19.9 Å². The monoisotopic (exact) mass is 450 g/mol. The number of rotatable bonds is 3. The Labute approximate surface area is 200 Å². The van der Waals surface area contributed by atoms with Gasteiger partial charge < -0.3 is 4.42 Å². The first-order chi connectivity index (χ1) is 17.3. The lowest BCUT2D eigenvalue weighted by Crippen LogP contribution is -1.96. The zero-order chi connectivity index (χ0) is 23.2. The van der Waals surface area contributed by atoms with Gasteiger partial charge in [0.05, 0.1) is 11.2 Å². The zero-order valence-corrected chi connectivity index (χ0v) is 18.6. The molecule has 0 bridgehead atoms. The van der Waals surface area contributed by atoms with Crippen molar-refractivity contribution in [3.05, 3.63) is 109 Å². The molecule has 0 saturated heterocycles. The van der Waals surface area contributed by atoms with Crippen molar-refractivity contribution < 1.29 is 4.42 Å². The number of hydrogen-bond donors (Lipinski definition) is 0. The molecule has 3 aromatic heterocycles. The molecule has 0 saturated carbocycles. The molecular formula is C30H18N4O. The second kappa shape index (κ2) is 7.85. The number of para-hydroxylation sites is 2. The average molecular weight is 451 g/mol. The van der Waals surface area contributed by atoms with E-state index in [1.165, 1.54) is 0 Å². The number of benzene rings is 4. The van der Waals surface area contributed by atoms with Crippen LogP contribution in [0.1, 0.15) is 0 Å². The van der Waals surface area contributed by atoms with Crippen LogP contribution in [-0.2, 0) is 0 Å². The standard InChI is InChI=1S/C30H18N4O/c1-2-9-20(10-3-1)28-27-22-11-5-4-8-19(22)14-16-24(27)32-29(34-28)21-15-17-25(31-18-21)30-33-23-12-6-7-13-26(23)35-30/h1-18H. The highest BCUT2D eigenvalue weighted by molar-refractivity contribution is 6.12. The van der Waals surface area contributed by atoms with E-state index in [9.17, 15) is 0 Å². The fourth-order valence-electron chi connectivity index (χ4n) is 4.47. The molecule has 0 spiro atoms. The number of aromatic nitrogens is 4. The molecule has 5 nitrogen and oxygen atoms in total. The number of nitrogens with zero attached hydrogens (tertiary/aromatic N) is 4. The van der Waals surface area contributed by atoms with E-state index in [-0.39, 0.29) is 0 Å². The molecule has 5 heteroatoms. The molecule has 0 radical (unpaired) electrons. The zero-order valence-electron chi connectivity index (χ0n) is 18.6. The topological polar surface area (TPSA) is 64.7 Å². The Morgan fingerprint density at radius 3 is 2.26 bits per heavy atom. The van der Waals surface area contributed by atoms with Crippen LogP contribution in [0.2, 0.25) is 0 Å². The van der Waals surface area contributed by atoms with E-state index in [1.54, 1.807) is 6.20 Å². The van der Waals surface area contributed by atoms with Gasteiger partial charge in [0.2, 0.25) is 5.89 Å². The molecule has 4 aromatic carbocycles. The lowest BCUT2D eigenvalue weighted by atomic mass is 10.00. The molecule has 7 aromatic rings. The fraction of sp³-hybridized carbons (Fsp3) is 0. The van der Waals surface area contributed by atoms with Crippen molar-refractivity contribution in [2.24, 2.45) is 0 Å². The SMILES string of the molecule is c1ccc(-c2nc(-c3ccc(-c4nc5ccccc5o4)nc3)nc3ccc4ccccc4c23)cc1. The van der Waals surface area contributed by atoms with E-state index in [1.807, 2.05) is 54.6 Å². The third kappa shape index (κ3) is 3.33. The van der Waals surface area contributed by atoms with Gasteiger partial charge in [0.15, 0.2) is 11.4 Å². The van der Waals surface area contributed by atoms with Gasteiger partial charge in [-0.1, -0.05) is 72.8 Å². The van der Waals surface area contributed by atoms with Gasteiger partial charge >= 0.3 is 0 Å². The van der Waals surface area contributed by atoms with Crippen LogP contribution in [-0.4, -0.2) is 19.9 Å². The van der Waals surface area contributed by atoms with Crippen LogP contribution in [0.5, 0.6) is 0 Å². The summed E-state index contributed by atoms with van der Waals surface area (Å²) in [6.45, 7) is 0. The summed E-state index contributed by atoms with van der Waals surface area (Å²) in [7, 11) is 0. The maximum Gasteiger partial charge on any atom is 0.246 e. The smallest absolute Gasteiger partial charge is 0.246 e. The third-order valence-electron chi connectivity index (χ3n) is 6.17. The number of hydrogen-bond acceptors (Lipinski definition) is 5. The maximum atomic E-state index is 5.87. The molecule has 0 aliphatic rings. The third-order valence-corrected chi connectivity index (χ3v) is 6.17. The van der Waals surface area contributed by atoms with Gasteiger partial charge in [-0.3, -0.25) is 4.98 Å². The van der Waals surface area contributed by atoms with Gasteiger partial charge in [0.1, 0.15) is 11.2 Å². The summed E-state index contributed by atoms with van der Waals surface area (Å²) in [5, 5.41) is 3.35. The van der Waals surface area contributed by atoms with Crippen LogP contribution in [0.15, 0.2) is 114 Å². The molecule has 164 valence electrons. The molecule has 7 rings (SSSR count). The highest BCUT2D eigenvalue weighted by Gasteiger charge is 2.15. The van der Waals surface area contributed by atoms with Gasteiger partial charge in [-0.05, 0) is 41.1 Å². The lowest BCUT2D eigenvalue weighted by molar-refractivity contribution is 0.617. The quantitative estimate of drug-likeness (QED) is 0.264. The number of fused-ring (bicyclic) bond motifs is 4. The predicted octanol–water partition coefficient (Wildman–Crippen LogP) is 7.32. The van der Waals surface area contributed by atoms with Crippen LogP contribution in [0.3, 0.4) is 0 Å². The van der Waals surface area contributed by atoms with Crippen LogP contribution in [0.4, 0.5) is 0 Å². The Kier molecular flexibility index (Phi) is 4.39. The molecule has 0 atom stereocenters. The molecule has 0 fully saturated rings. The summed E-state index contributed by atoms with van der Waals surface area (Å²) < 4.78 is 5.87. The molecule has 0 unspecified atom stereocenters. The van der Waals surface area contributed by atoms with E-state index in [0.717, 1.165) is 49.6 Å².